The van der Waals surface area contributed by atoms with Crippen molar-refractivity contribution in [2.75, 3.05) is 10.0 Å². The van der Waals surface area contributed by atoms with Crippen molar-refractivity contribution in [3.63, 3.8) is 0 Å². The Hall–Kier alpha value is -2.05. The standard InChI is InChI=1S/C21H26N2O2S2/c1-14-12-19(15(2)18-10-11-26-20(14)18)22-13-16-6-8-17(9-7-16)23-27(24,25)21(3,4)5/h6-12,22-23H,13H2,1-5H3. The van der Waals surface area contributed by atoms with E-state index in [1.165, 1.54) is 21.2 Å². The lowest BCUT2D eigenvalue weighted by Gasteiger charge is -2.20. The average molecular weight is 403 g/mol. The summed E-state index contributed by atoms with van der Waals surface area (Å²) in [5.74, 6) is 0. The van der Waals surface area contributed by atoms with Crippen LogP contribution in [0.1, 0.15) is 37.5 Å². The fraction of sp³-hybridized carbons (Fsp3) is 0.333. The second-order valence-electron chi connectivity index (χ2n) is 7.80. The Morgan fingerprint density at radius 1 is 1.04 bits per heavy atom. The molecule has 0 saturated carbocycles. The number of hydrogen-bond donors (Lipinski definition) is 2. The number of hydrogen-bond acceptors (Lipinski definition) is 4. The lowest BCUT2D eigenvalue weighted by Crippen LogP contribution is -2.33. The Kier molecular flexibility index (Phi) is 5.23. The van der Waals surface area contributed by atoms with E-state index in [4.69, 9.17) is 0 Å². The van der Waals surface area contributed by atoms with Crippen LogP contribution in [0.15, 0.2) is 41.8 Å². The molecule has 0 aliphatic carbocycles. The van der Waals surface area contributed by atoms with Crippen LogP contribution in [-0.4, -0.2) is 13.2 Å². The fourth-order valence-corrected chi connectivity index (χ4v) is 4.51. The van der Waals surface area contributed by atoms with E-state index >= 15 is 0 Å². The normalized spacial score (nSPS) is 12.3. The van der Waals surface area contributed by atoms with Crippen LogP contribution < -0.4 is 10.0 Å². The molecule has 3 rings (SSSR count). The molecule has 0 aliphatic rings. The lowest BCUT2D eigenvalue weighted by atomic mass is 10.1. The molecule has 0 radical (unpaired) electrons. The lowest BCUT2D eigenvalue weighted by molar-refractivity contribution is 0.566. The molecule has 6 heteroatoms. The second-order valence-corrected chi connectivity index (χ2v) is 11.1. The first-order chi connectivity index (χ1) is 12.6. The molecule has 0 amide bonds. The van der Waals surface area contributed by atoms with Crippen molar-refractivity contribution in [3.05, 3.63) is 58.5 Å². The molecule has 3 aromatic rings. The number of sulfonamides is 1. The summed E-state index contributed by atoms with van der Waals surface area (Å²) in [7, 11) is -3.41. The maximum absolute atomic E-state index is 12.2. The third kappa shape index (κ3) is 4.12. The van der Waals surface area contributed by atoms with Gasteiger partial charge in [0.2, 0.25) is 10.0 Å². The highest BCUT2D eigenvalue weighted by Gasteiger charge is 2.28. The molecule has 2 aromatic carbocycles. The predicted molar refractivity (Wildman–Crippen MR) is 117 cm³/mol. The van der Waals surface area contributed by atoms with Crippen LogP contribution >= 0.6 is 11.3 Å². The molecular formula is C21H26N2O2S2. The van der Waals surface area contributed by atoms with Crippen molar-refractivity contribution in [1.29, 1.82) is 0 Å². The van der Waals surface area contributed by atoms with Crippen molar-refractivity contribution in [1.82, 2.24) is 0 Å². The van der Waals surface area contributed by atoms with Gasteiger partial charge in [0.05, 0.1) is 4.75 Å². The molecule has 1 heterocycles. The van der Waals surface area contributed by atoms with Crippen LogP contribution in [0.3, 0.4) is 0 Å². The summed E-state index contributed by atoms with van der Waals surface area (Å²) in [5, 5.41) is 6.94. The minimum absolute atomic E-state index is 0.584. The van der Waals surface area contributed by atoms with Crippen LogP contribution in [0.2, 0.25) is 0 Å². The van der Waals surface area contributed by atoms with E-state index in [1.807, 2.05) is 12.1 Å². The van der Waals surface area contributed by atoms with Crippen molar-refractivity contribution >= 4 is 42.8 Å². The molecule has 0 saturated heterocycles. The summed E-state index contributed by atoms with van der Waals surface area (Å²) in [6.07, 6.45) is 0. The van der Waals surface area contributed by atoms with Gasteiger partial charge < -0.3 is 5.32 Å². The van der Waals surface area contributed by atoms with Crippen LogP contribution in [0.4, 0.5) is 11.4 Å². The topological polar surface area (TPSA) is 58.2 Å². The highest BCUT2D eigenvalue weighted by molar-refractivity contribution is 7.94. The Balaban J connectivity index is 1.72. The SMILES string of the molecule is Cc1c(NCc2ccc(NS(=O)(=O)C(C)(C)C)cc2)cc(C)c2sccc12. The Morgan fingerprint density at radius 3 is 2.33 bits per heavy atom. The van der Waals surface area contributed by atoms with E-state index in [9.17, 15) is 8.42 Å². The molecule has 144 valence electrons. The maximum atomic E-state index is 12.2. The van der Waals surface area contributed by atoms with Crippen molar-refractivity contribution in [2.45, 2.75) is 45.9 Å². The quantitative estimate of drug-likeness (QED) is 0.578. The molecule has 0 spiro atoms. The van der Waals surface area contributed by atoms with Gasteiger partial charge in [-0.1, -0.05) is 12.1 Å². The number of rotatable bonds is 5. The first-order valence-corrected chi connectivity index (χ1v) is 11.3. The van der Waals surface area contributed by atoms with Crippen LogP contribution in [0, 0.1) is 13.8 Å². The van der Waals surface area contributed by atoms with E-state index in [0.717, 1.165) is 11.3 Å². The van der Waals surface area contributed by atoms with Gasteiger partial charge in [-0.15, -0.1) is 11.3 Å². The minimum atomic E-state index is -3.41. The zero-order chi connectivity index (χ0) is 19.8. The third-order valence-electron chi connectivity index (χ3n) is 4.69. The Morgan fingerprint density at radius 2 is 1.70 bits per heavy atom. The number of anilines is 2. The molecule has 4 nitrogen and oxygen atoms in total. The van der Waals surface area contributed by atoms with Gasteiger partial charge in [-0.05, 0) is 86.3 Å². The van der Waals surface area contributed by atoms with Gasteiger partial charge in [0.1, 0.15) is 0 Å². The van der Waals surface area contributed by atoms with Gasteiger partial charge in [-0.3, -0.25) is 4.72 Å². The van der Waals surface area contributed by atoms with Crippen molar-refractivity contribution in [3.8, 4) is 0 Å². The highest BCUT2D eigenvalue weighted by Crippen LogP contribution is 2.32. The zero-order valence-corrected chi connectivity index (χ0v) is 18.0. The van der Waals surface area contributed by atoms with Gasteiger partial charge >= 0.3 is 0 Å². The zero-order valence-electron chi connectivity index (χ0n) is 16.4. The van der Waals surface area contributed by atoms with Crippen LogP contribution in [-0.2, 0) is 16.6 Å². The fourth-order valence-electron chi connectivity index (χ4n) is 2.83. The van der Waals surface area contributed by atoms with E-state index < -0.39 is 14.8 Å². The third-order valence-corrected chi connectivity index (χ3v) is 7.85. The largest absolute Gasteiger partial charge is 0.381 e. The smallest absolute Gasteiger partial charge is 0.237 e. The van der Waals surface area contributed by atoms with Crippen LogP contribution in [0.5, 0.6) is 0 Å². The highest BCUT2D eigenvalue weighted by atomic mass is 32.2. The molecule has 0 unspecified atom stereocenters. The summed E-state index contributed by atoms with van der Waals surface area (Å²) in [4.78, 5) is 0. The average Bonchev–Trinajstić information content (AvgIpc) is 3.07. The molecule has 2 N–H and O–H groups in total. The van der Waals surface area contributed by atoms with Gasteiger partial charge in [-0.2, -0.15) is 0 Å². The van der Waals surface area contributed by atoms with E-state index in [1.54, 1.807) is 44.2 Å². The summed E-state index contributed by atoms with van der Waals surface area (Å²) >= 11 is 1.78. The minimum Gasteiger partial charge on any atom is -0.381 e. The molecule has 0 atom stereocenters. The van der Waals surface area contributed by atoms with Crippen LogP contribution in [0.25, 0.3) is 10.1 Å². The molecule has 0 bridgehead atoms. The second kappa shape index (κ2) is 7.17. The summed E-state index contributed by atoms with van der Waals surface area (Å²) in [6, 6.07) is 11.9. The van der Waals surface area contributed by atoms with Gasteiger partial charge in [-0.25, -0.2) is 8.42 Å². The Bertz CT molecular complexity index is 1060. The van der Waals surface area contributed by atoms with E-state index in [0.29, 0.717) is 12.2 Å². The van der Waals surface area contributed by atoms with Crippen molar-refractivity contribution in [2.24, 2.45) is 0 Å². The van der Waals surface area contributed by atoms with Crippen molar-refractivity contribution < 1.29 is 8.42 Å². The monoisotopic (exact) mass is 402 g/mol. The molecular weight excluding hydrogens is 376 g/mol. The first-order valence-electron chi connectivity index (χ1n) is 8.91. The van der Waals surface area contributed by atoms with Gasteiger partial charge in [0.15, 0.2) is 0 Å². The number of aryl methyl sites for hydroxylation is 2. The number of benzene rings is 2. The molecule has 1 aromatic heterocycles. The van der Waals surface area contributed by atoms with E-state index in [2.05, 4.69) is 41.4 Å². The number of thiophene rings is 1. The maximum Gasteiger partial charge on any atom is 0.237 e. The van der Waals surface area contributed by atoms with E-state index in [-0.39, 0.29) is 0 Å². The van der Waals surface area contributed by atoms with Gasteiger partial charge in [0.25, 0.3) is 0 Å². The molecule has 27 heavy (non-hydrogen) atoms. The molecule has 0 aliphatic heterocycles. The molecule has 0 fully saturated rings. The predicted octanol–water partition coefficient (Wildman–Crippen LogP) is 5.67. The Labute approximate surface area is 165 Å². The number of fused-ring (bicyclic) bond motifs is 1. The summed E-state index contributed by atoms with van der Waals surface area (Å²) in [5.41, 5.74) is 5.35. The first kappa shape index (κ1) is 19.7. The van der Waals surface area contributed by atoms with Gasteiger partial charge in [0, 0.05) is 22.6 Å². The summed E-state index contributed by atoms with van der Waals surface area (Å²) in [6.45, 7) is 10.0. The number of nitrogens with one attached hydrogen (secondary N) is 2. The summed E-state index contributed by atoms with van der Waals surface area (Å²) < 4.78 is 27.6.